The van der Waals surface area contributed by atoms with Gasteiger partial charge in [0.05, 0.1) is 13.0 Å². The highest BCUT2D eigenvalue weighted by Crippen LogP contribution is 2.22. The van der Waals surface area contributed by atoms with Crippen molar-refractivity contribution in [2.75, 3.05) is 6.61 Å². The fourth-order valence-electron chi connectivity index (χ4n) is 2.07. The summed E-state index contributed by atoms with van der Waals surface area (Å²) in [4.78, 5) is 10.8. The van der Waals surface area contributed by atoms with Gasteiger partial charge in [-0.25, -0.2) is 0 Å². The number of halogens is 3. The van der Waals surface area contributed by atoms with Crippen LogP contribution < -0.4 is 0 Å². The van der Waals surface area contributed by atoms with Gasteiger partial charge < -0.3 is 9.67 Å². The Morgan fingerprint density at radius 3 is 2.65 bits per heavy atom. The molecule has 0 bridgehead atoms. The predicted octanol–water partition coefficient (Wildman–Crippen LogP) is 2.80. The van der Waals surface area contributed by atoms with Crippen LogP contribution in [-0.2, 0) is 22.5 Å². The van der Waals surface area contributed by atoms with E-state index in [9.17, 15) is 18.0 Å². The third kappa shape index (κ3) is 3.51. The van der Waals surface area contributed by atoms with Gasteiger partial charge >= 0.3 is 12.3 Å². The third-order valence-corrected chi connectivity index (χ3v) is 2.81. The van der Waals surface area contributed by atoms with Crippen LogP contribution in [-0.4, -0.2) is 28.6 Å². The van der Waals surface area contributed by atoms with Gasteiger partial charge in [-0.15, -0.1) is 13.2 Å². The third-order valence-electron chi connectivity index (χ3n) is 2.81. The van der Waals surface area contributed by atoms with Crippen LogP contribution in [0.25, 0.3) is 10.9 Å². The molecule has 1 heterocycles. The van der Waals surface area contributed by atoms with Crippen LogP contribution in [0.3, 0.4) is 0 Å². The number of para-hydroxylation sites is 1. The second kappa shape index (κ2) is 5.54. The number of alkyl halides is 3. The highest BCUT2D eigenvalue weighted by molar-refractivity contribution is 5.87. The van der Waals surface area contributed by atoms with Gasteiger partial charge in [-0.1, -0.05) is 18.2 Å². The van der Waals surface area contributed by atoms with Gasteiger partial charge in [-0.3, -0.25) is 9.53 Å². The molecule has 0 radical (unpaired) electrons. The first-order valence-corrected chi connectivity index (χ1v) is 5.86. The molecule has 0 aliphatic rings. The lowest BCUT2D eigenvalue weighted by Crippen LogP contribution is -2.17. The number of aliphatic carboxylic acids is 1. The maximum Gasteiger partial charge on any atom is 0.522 e. The Morgan fingerprint density at radius 2 is 2.00 bits per heavy atom. The summed E-state index contributed by atoms with van der Waals surface area (Å²) >= 11 is 0. The molecule has 108 valence electrons. The number of hydrogen-bond donors (Lipinski definition) is 1. The van der Waals surface area contributed by atoms with E-state index in [1.807, 2.05) is 0 Å². The molecular formula is C13H12F3NO3. The summed E-state index contributed by atoms with van der Waals surface area (Å²) in [5, 5.41) is 9.56. The van der Waals surface area contributed by atoms with Gasteiger partial charge in [0.25, 0.3) is 0 Å². The molecule has 0 aliphatic heterocycles. The Hall–Kier alpha value is -2.02. The maximum absolute atomic E-state index is 11.9. The molecule has 20 heavy (non-hydrogen) atoms. The largest absolute Gasteiger partial charge is 0.522 e. The van der Waals surface area contributed by atoms with E-state index in [1.165, 1.54) is 0 Å². The molecule has 0 saturated heterocycles. The van der Waals surface area contributed by atoms with Crippen molar-refractivity contribution in [1.82, 2.24) is 4.57 Å². The molecule has 0 atom stereocenters. The first-order chi connectivity index (χ1) is 9.37. The standard InChI is InChI=1S/C13H12F3NO3/c14-13(15,16)20-6-5-17-8-9(7-12(18)19)10-3-1-2-4-11(10)17/h1-4,8H,5-7H2,(H,18,19). The summed E-state index contributed by atoms with van der Waals surface area (Å²) in [7, 11) is 0. The summed E-state index contributed by atoms with van der Waals surface area (Å²) < 4.78 is 41.1. The van der Waals surface area contributed by atoms with E-state index in [1.54, 1.807) is 35.0 Å². The number of hydrogen-bond acceptors (Lipinski definition) is 2. The monoisotopic (exact) mass is 287 g/mol. The van der Waals surface area contributed by atoms with Gasteiger partial charge in [-0.2, -0.15) is 0 Å². The minimum absolute atomic E-state index is 0.000355. The van der Waals surface area contributed by atoms with Crippen molar-refractivity contribution >= 4 is 16.9 Å². The minimum atomic E-state index is -4.66. The van der Waals surface area contributed by atoms with Crippen molar-refractivity contribution in [2.24, 2.45) is 0 Å². The Morgan fingerprint density at radius 1 is 1.30 bits per heavy atom. The average molecular weight is 287 g/mol. The maximum atomic E-state index is 11.9. The summed E-state index contributed by atoms with van der Waals surface area (Å²) in [5.41, 5.74) is 1.26. The quantitative estimate of drug-likeness (QED) is 0.920. The molecule has 0 aliphatic carbocycles. The Kier molecular flexibility index (Phi) is 3.99. The number of carbonyl (C=O) groups is 1. The first-order valence-electron chi connectivity index (χ1n) is 5.86. The normalized spacial score (nSPS) is 11.9. The van der Waals surface area contributed by atoms with E-state index in [-0.39, 0.29) is 13.0 Å². The number of fused-ring (bicyclic) bond motifs is 1. The van der Waals surface area contributed by atoms with Gasteiger partial charge in [0, 0.05) is 23.6 Å². The van der Waals surface area contributed by atoms with E-state index in [0.717, 1.165) is 5.39 Å². The Labute approximate surface area is 112 Å². The number of rotatable bonds is 5. The number of carboxylic acids is 1. The van der Waals surface area contributed by atoms with Gasteiger partial charge in [0.1, 0.15) is 0 Å². The number of nitrogens with zero attached hydrogens (tertiary/aromatic N) is 1. The van der Waals surface area contributed by atoms with Crippen molar-refractivity contribution in [3.63, 3.8) is 0 Å². The average Bonchev–Trinajstić information content (AvgIpc) is 2.66. The molecule has 0 amide bonds. The van der Waals surface area contributed by atoms with Crippen LogP contribution in [0, 0.1) is 0 Å². The second-order valence-electron chi connectivity index (χ2n) is 4.23. The lowest BCUT2D eigenvalue weighted by atomic mass is 10.1. The zero-order chi connectivity index (χ0) is 14.8. The van der Waals surface area contributed by atoms with Gasteiger partial charge in [-0.05, 0) is 11.6 Å². The molecule has 0 spiro atoms. The highest BCUT2D eigenvalue weighted by atomic mass is 19.4. The zero-order valence-electron chi connectivity index (χ0n) is 10.4. The van der Waals surface area contributed by atoms with Crippen molar-refractivity contribution in [3.8, 4) is 0 Å². The topological polar surface area (TPSA) is 51.5 Å². The molecule has 0 fully saturated rings. The summed E-state index contributed by atoms with van der Waals surface area (Å²) in [6, 6.07) is 6.97. The molecule has 4 nitrogen and oxygen atoms in total. The van der Waals surface area contributed by atoms with Crippen LogP contribution in [0.4, 0.5) is 13.2 Å². The van der Waals surface area contributed by atoms with Crippen molar-refractivity contribution in [1.29, 1.82) is 0 Å². The van der Waals surface area contributed by atoms with E-state index >= 15 is 0 Å². The predicted molar refractivity (Wildman–Crippen MR) is 65.3 cm³/mol. The van der Waals surface area contributed by atoms with Crippen LogP contribution in [0.2, 0.25) is 0 Å². The van der Waals surface area contributed by atoms with E-state index in [0.29, 0.717) is 11.1 Å². The van der Waals surface area contributed by atoms with Crippen LogP contribution in [0.5, 0.6) is 0 Å². The molecule has 2 rings (SSSR count). The fraction of sp³-hybridized carbons (Fsp3) is 0.308. The van der Waals surface area contributed by atoms with E-state index in [2.05, 4.69) is 4.74 Å². The van der Waals surface area contributed by atoms with Crippen LogP contribution >= 0.6 is 0 Å². The van der Waals surface area contributed by atoms with Crippen LogP contribution in [0.15, 0.2) is 30.5 Å². The molecule has 1 aromatic carbocycles. The second-order valence-corrected chi connectivity index (χ2v) is 4.23. The summed E-state index contributed by atoms with van der Waals surface area (Å²) in [6.07, 6.45) is -3.28. The van der Waals surface area contributed by atoms with Crippen LogP contribution in [0.1, 0.15) is 5.56 Å². The smallest absolute Gasteiger partial charge is 0.481 e. The number of aromatic nitrogens is 1. The Balaban J connectivity index is 2.22. The first kappa shape index (κ1) is 14.4. The molecular weight excluding hydrogens is 275 g/mol. The minimum Gasteiger partial charge on any atom is -0.481 e. The lowest BCUT2D eigenvalue weighted by molar-refractivity contribution is -0.325. The van der Waals surface area contributed by atoms with Crippen molar-refractivity contribution in [3.05, 3.63) is 36.0 Å². The molecule has 0 unspecified atom stereocenters. The number of carboxylic acid groups (broad SMARTS) is 1. The fourth-order valence-corrected chi connectivity index (χ4v) is 2.07. The van der Waals surface area contributed by atoms with E-state index < -0.39 is 18.9 Å². The molecule has 2 aromatic rings. The molecule has 7 heteroatoms. The Bertz CT molecular complexity index is 619. The van der Waals surface area contributed by atoms with E-state index in [4.69, 9.17) is 5.11 Å². The SMILES string of the molecule is O=C(O)Cc1cn(CCOC(F)(F)F)c2ccccc12. The molecule has 0 saturated carbocycles. The summed E-state index contributed by atoms with van der Waals surface area (Å²) in [6.45, 7) is -0.520. The highest BCUT2D eigenvalue weighted by Gasteiger charge is 2.28. The number of ether oxygens (including phenoxy) is 1. The van der Waals surface area contributed by atoms with Gasteiger partial charge in [0.2, 0.25) is 0 Å². The van der Waals surface area contributed by atoms with Crippen molar-refractivity contribution in [2.45, 2.75) is 19.3 Å². The van der Waals surface area contributed by atoms with Crippen molar-refractivity contribution < 1.29 is 27.8 Å². The molecule has 1 N–H and O–H groups in total. The number of benzene rings is 1. The molecule has 1 aromatic heterocycles. The van der Waals surface area contributed by atoms with Gasteiger partial charge in [0.15, 0.2) is 0 Å². The lowest BCUT2D eigenvalue weighted by Gasteiger charge is -2.08. The summed E-state index contributed by atoms with van der Waals surface area (Å²) in [5.74, 6) is -0.987. The zero-order valence-corrected chi connectivity index (χ0v) is 10.4.